The van der Waals surface area contributed by atoms with E-state index in [0.29, 0.717) is 6.54 Å². The average Bonchev–Trinajstić information content (AvgIpc) is 2.99. The lowest BCUT2D eigenvalue weighted by atomic mass is 9.95. The number of hydrogen-bond acceptors (Lipinski definition) is 4. The molecule has 1 aliphatic heterocycles. The summed E-state index contributed by atoms with van der Waals surface area (Å²) < 4.78 is 6.66. The number of nitrogens with zero attached hydrogens (tertiary/aromatic N) is 2. The molecule has 1 N–H and O–H groups in total. The summed E-state index contributed by atoms with van der Waals surface area (Å²) in [5, 5.41) is 2.71. The minimum Gasteiger partial charge on any atom is -0.468 e. The molecule has 104 valence electrons. The van der Waals surface area contributed by atoms with Crippen LogP contribution in [0.3, 0.4) is 0 Å². The summed E-state index contributed by atoms with van der Waals surface area (Å²) in [5.74, 6) is -1.21. The second-order valence-corrected chi connectivity index (χ2v) is 4.87. The summed E-state index contributed by atoms with van der Waals surface area (Å²) in [6.07, 6.45) is 0. The number of nitrogens with one attached hydrogen (secondary N) is 1. The van der Waals surface area contributed by atoms with Crippen LogP contribution >= 0.6 is 0 Å². The Bertz CT molecular complexity index is 692. The minimum absolute atomic E-state index is 0.297. The first-order valence-electron chi connectivity index (χ1n) is 6.40. The predicted octanol–water partition coefficient (Wildman–Crippen LogP) is 0.576. The third-order valence-corrected chi connectivity index (χ3v) is 3.79. The summed E-state index contributed by atoms with van der Waals surface area (Å²) >= 11 is 0. The van der Waals surface area contributed by atoms with Crippen LogP contribution in [-0.2, 0) is 21.4 Å². The van der Waals surface area contributed by atoms with E-state index in [-0.39, 0.29) is 11.8 Å². The van der Waals surface area contributed by atoms with E-state index in [1.165, 1.54) is 7.11 Å². The number of carbonyl (C=O) groups excluding carboxylic acids is 2. The van der Waals surface area contributed by atoms with Gasteiger partial charge in [0.1, 0.15) is 11.7 Å². The van der Waals surface area contributed by atoms with E-state index in [0.717, 1.165) is 16.9 Å². The average molecular weight is 273 g/mol. The number of rotatable bonds is 2. The van der Waals surface area contributed by atoms with Gasteiger partial charge in [0.15, 0.2) is 0 Å². The zero-order valence-electron chi connectivity index (χ0n) is 11.3. The van der Waals surface area contributed by atoms with Crippen molar-refractivity contribution in [1.82, 2.24) is 14.9 Å². The standard InChI is InChI=1S/C14H15N3O3/c1-17-10-6-4-3-5-9(10)16-12(17)8-7-15-13(18)11(8)14(19)20-2/h3-6,8,11H,7H2,1-2H3,(H,15,18). The molecule has 2 atom stereocenters. The van der Waals surface area contributed by atoms with E-state index in [1.807, 2.05) is 35.9 Å². The lowest BCUT2D eigenvalue weighted by molar-refractivity contribution is -0.149. The highest BCUT2D eigenvalue weighted by Gasteiger charge is 2.44. The molecule has 6 heteroatoms. The first-order valence-corrected chi connectivity index (χ1v) is 6.40. The highest BCUT2D eigenvalue weighted by Crippen LogP contribution is 2.31. The van der Waals surface area contributed by atoms with E-state index >= 15 is 0 Å². The van der Waals surface area contributed by atoms with Crippen molar-refractivity contribution in [1.29, 1.82) is 0 Å². The molecule has 6 nitrogen and oxygen atoms in total. The monoisotopic (exact) mass is 273 g/mol. The molecule has 0 spiro atoms. The van der Waals surface area contributed by atoms with Crippen molar-refractivity contribution in [2.24, 2.45) is 13.0 Å². The van der Waals surface area contributed by atoms with Gasteiger partial charge in [-0.05, 0) is 12.1 Å². The number of methoxy groups -OCH3 is 1. The Balaban J connectivity index is 2.08. The number of carbonyl (C=O) groups is 2. The fraction of sp³-hybridized carbons (Fsp3) is 0.357. The maximum absolute atomic E-state index is 11.8. The summed E-state index contributed by atoms with van der Waals surface area (Å²) in [6.45, 7) is 0.399. The van der Waals surface area contributed by atoms with Gasteiger partial charge in [0.05, 0.1) is 24.1 Å². The number of amides is 1. The van der Waals surface area contributed by atoms with Gasteiger partial charge < -0.3 is 14.6 Å². The van der Waals surface area contributed by atoms with Gasteiger partial charge in [-0.2, -0.15) is 0 Å². The molecule has 1 saturated heterocycles. The van der Waals surface area contributed by atoms with Crippen molar-refractivity contribution in [3.63, 3.8) is 0 Å². The molecule has 20 heavy (non-hydrogen) atoms. The third-order valence-electron chi connectivity index (χ3n) is 3.79. The molecule has 0 radical (unpaired) electrons. The Morgan fingerprint density at radius 3 is 2.90 bits per heavy atom. The highest BCUT2D eigenvalue weighted by molar-refractivity contribution is 6.00. The molecule has 1 aromatic heterocycles. The molecule has 3 rings (SSSR count). The number of fused-ring (bicyclic) bond motifs is 1. The molecule has 0 bridgehead atoms. The fourth-order valence-electron chi connectivity index (χ4n) is 2.76. The molecule has 2 aromatic rings. The first kappa shape index (κ1) is 12.7. The van der Waals surface area contributed by atoms with E-state index in [2.05, 4.69) is 10.3 Å². The highest BCUT2D eigenvalue weighted by atomic mass is 16.5. The molecule has 2 heterocycles. The van der Waals surface area contributed by atoms with Gasteiger partial charge in [-0.3, -0.25) is 9.59 Å². The van der Waals surface area contributed by atoms with Crippen LogP contribution in [0.1, 0.15) is 11.7 Å². The van der Waals surface area contributed by atoms with Gasteiger partial charge in [-0.25, -0.2) is 4.98 Å². The fourth-order valence-corrected chi connectivity index (χ4v) is 2.76. The van der Waals surface area contributed by atoms with Crippen LogP contribution in [-0.4, -0.2) is 35.1 Å². The number of ether oxygens (including phenoxy) is 1. The van der Waals surface area contributed by atoms with Gasteiger partial charge in [0.2, 0.25) is 5.91 Å². The molecule has 1 aromatic carbocycles. The quantitative estimate of drug-likeness (QED) is 0.641. The normalized spacial score (nSPS) is 22.0. The predicted molar refractivity (Wildman–Crippen MR) is 72.0 cm³/mol. The number of para-hydroxylation sites is 2. The van der Waals surface area contributed by atoms with Crippen LogP contribution in [0.2, 0.25) is 0 Å². The van der Waals surface area contributed by atoms with E-state index in [4.69, 9.17) is 4.74 Å². The van der Waals surface area contributed by atoms with Crippen LogP contribution in [0.4, 0.5) is 0 Å². The summed E-state index contributed by atoms with van der Waals surface area (Å²) in [4.78, 5) is 28.2. The molecule has 2 unspecified atom stereocenters. The number of aryl methyl sites for hydroxylation is 1. The first-order chi connectivity index (χ1) is 9.63. The summed E-state index contributed by atoms with van der Waals surface area (Å²) in [6, 6.07) is 7.72. The van der Waals surface area contributed by atoms with Crippen LogP contribution in [0.25, 0.3) is 11.0 Å². The largest absolute Gasteiger partial charge is 0.468 e. The smallest absolute Gasteiger partial charge is 0.319 e. The van der Waals surface area contributed by atoms with Crippen molar-refractivity contribution >= 4 is 22.9 Å². The number of imidazole rings is 1. The maximum Gasteiger partial charge on any atom is 0.319 e. The number of aromatic nitrogens is 2. The van der Waals surface area contributed by atoms with Crippen LogP contribution in [0, 0.1) is 5.92 Å². The van der Waals surface area contributed by atoms with E-state index in [9.17, 15) is 9.59 Å². The SMILES string of the molecule is COC(=O)C1C(=O)NCC1c1nc2ccccc2n1C. The lowest BCUT2D eigenvalue weighted by Gasteiger charge is -2.14. The maximum atomic E-state index is 11.8. The molecule has 1 amide bonds. The van der Waals surface area contributed by atoms with Gasteiger partial charge in [0.25, 0.3) is 0 Å². The molecule has 0 aliphatic carbocycles. The Morgan fingerprint density at radius 2 is 2.20 bits per heavy atom. The van der Waals surface area contributed by atoms with Gasteiger partial charge in [-0.1, -0.05) is 12.1 Å². The van der Waals surface area contributed by atoms with Gasteiger partial charge in [-0.15, -0.1) is 0 Å². The molecular formula is C14H15N3O3. The lowest BCUT2D eigenvalue weighted by Crippen LogP contribution is -2.28. The van der Waals surface area contributed by atoms with Crippen molar-refractivity contribution in [2.75, 3.05) is 13.7 Å². The van der Waals surface area contributed by atoms with Crippen molar-refractivity contribution in [3.05, 3.63) is 30.1 Å². The van der Waals surface area contributed by atoms with Crippen molar-refractivity contribution < 1.29 is 14.3 Å². The van der Waals surface area contributed by atoms with E-state index < -0.39 is 11.9 Å². The number of benzene rings is 1. The Kier molecular flexibility index (Phi) is 2.93. The van der Waals surface area contributed by atoms with Crippen LogP contribution in [0.15, 0.2) is 24.3 Å². The molecular weight excluding hydrogens is 258 g/mol. The molecule has 0 saturated carbocycles. The molecule has 1 aliphatic rings. The molecule has 1 fully saturated rings. The van der Waals surface area contributed by atoms with Crippen LogP contribution in [0.5, 0.6) is 0 Å². The second-order valence-electron chi connectivity index (χ2n) is 4.87. The van der Waals surface area contributed by atoms with Crippen molar-refractivity contribution in [3.8, 4) is 0 Å². The Hall–Kier alpha value is -2.37. The summed E-state index contributed by atoms with van der Waals surface area (Å²) in [5.41, 5.74) is 1.83. The minimum atomic E-state index is -0.824. The summed E-state index contributed by atoms with van der Waals surface area (Å²) in [7, 11) is 3.18. The topological polar surface area (TPSA) is 73.2 Å². The van der Waals surface area contributed by atoms with Crippen molar-refractivity contribution in [2.45, 2.75) is 5.92 Å². The van der Waals surface area contributed by atoms with Gasteiger partial charge >= 0.3 is 5.97 Å². The third kappa shape index (κ3) is 1.76. The van der Waals surface area contributed by atoms with E-state index in [1.54, 1.807) is 0 Å². The number of esters is 1. The Morgan fingerprint density at radius 1 is 1.45 bits per heavy atom. The number of hydrogen-bond donors (Lipinski definition) is 1. The second kappa shape index (κ2) is 4.63. The zero-order chi connectivity index (χ0) is 14.3. The van der Waals surface area contributed by atoms with Gasteiger partial charge in [0, 0.05) is 13.6 Å². The van der Waals surface area contributed by atoms with Crippen LogP contribution < -0.4 is 5.32 Å². The zero-order valence-corrected chi connectivity index (χ0v) is 11.3. The Labute approximate surface area is 115 Å².